The molecule has 1 atom stereocenters. The van der Waals surface area contributed by atoms with Crippen molar-refractivity contribution < 1.29 is 14.4 Å². The minimum atomic E-state index is -0.213. The minimum absolute atomic E-state index is 0.0196. The van der Waals surface area contributed by atoms with Crippen LogP contribution in [0.1, 0.15) is 42.5 Å². The molecule has 0 aromatic heterocycles. The molecule has 2 heterocycles. The summed E-state index contributed by atoms with van der Waals surface area (Å²) < 4.78 is 0. The molecule has 27 heavy (non-hydrogen) atoms. The Morgan fingerprint density at radius 3 is 2.19 bits per heavy atom. The first-order valence-corrected chi connectivity index (χ1v) is 10.1. The second-order valence-electron chi connectivity index (χ2n) is 7.87. The highest BCUT2D eigenvalue weighted by atomic mass is 16.2. The maximum atomic E-state index is 12.9. The molecule has 4 rings (SSSR count). The molecule has 1 aliphatic carbocycles. The van der Waals surface area contributed by atoms with E-state index < -0.39 is 0 Å². The predicted molar refractivity (Wildman–Crippen MR) is 101 cm³/mol. The number of likely N-dealkylation sites (tertiary alicyclic amines) is 1. The van der Waals surface area contributed by atoms with Crippen molar-refractivity contribution in [2.75, 3.05) is 32.7 Å². The number of rotatable bonds is 3. The lowest BCUT2D eigenvalue weighted by Gasteiger charge is -2.36. The van der Waals surface area contributed by atoms with Crippen LogP contribution in [-0.4, -0.2) is 71.2 Å². The number of benzene rings is 1. The van der Waals surface area contributed by atoms with Gasteiger partial charge in [-0.3, -0.25) is 14.4 Å². The van der Waals surface area contributed by atoms with E-state index in [9.17, 15) is 14.4 Å². The summed E-state index contributed by atoms with van der Waals surface area (Å²) in [7, 11) is 0. The van der Waals surface area contributed by atoms with Crippen molar-refractivity contribution in [2.45, 2.75) is 38.1 Å². The molecule has 0 bridgehead atoms. The topological polar surface area (TPSA) is 60.9 Å². The van der Waals surface area contributed by atoms with Crippen molar-refractivity contribution in [1.29, 1.82) is 0 Å². The summed E-state index contributed by atoms with van der Waals surface area (Å²) in [5.74, 6) is 0.0226. The molecule has 1 saturated carbocycles. The molecule has 1 aromatic carbocycles. The Morgan fingerprint density at radius 1 is 0.889 bits per heavy atom. The monoisotopic (exact) mass is 369 g/mol. The Balaban J connectivity index is 1.31. The van der Waals surface area contributed by atoms with Gasteiger partial charge in [0.15, 0.2) is 0 Å². The standard InChI is InChI=1S/C21H27N3O3/c25-19-14-17(15-24(19)18-8-4-5-9-18)21(27)23-12-10-22(11-13-23)20(26)16-6-2-1-3-7-16/h1-3,6-7,17-18H,4-5,8-15H2. The maximum Gasteiger partial charge on any atom is 0.253 e. The Labute approximate surface area is 160 Å². The molecule has 0 spiro atoms. The van der Waals surface area contributed by atoms with Gasteiger partial charge in [0, 0.05) is 50.7 Å². The molecule has 2 saturated heterocycles. The molecular weight excluding hydrogens is 342 g/mol. The third-order valence-electron chi connectivity index (χ3n) is 6.17. The van der Waals surface area contributed by atoms with Gasteiger partial charge in [0.2, 0.25) is 11.8 Å². The third kappa shape index (κ3) is 3.70. The van der Waals surface area contributed by atoms with Crippen LogP contribution in [0.3, 0.4) is 0 Å². The first-order chi connectivity index (χ1) is 13.1. The molecular formula is C21H27N3O3. The second-order valence-corrected chi connectivity index (χ2v) is 7.87. The fourth-order valence-electron chi connectivity index (χ4n) is 4.62. The Morgan fingerprint density at radius 2 is 1.52 bits per heavy atom. The molecule has 144 valence electrons. The minimum Gasteiger partial charge on any atom is -0.339 e. The zero-order chi connectivity index (χ0) is 18.8. The quantitative estimate of drug-likeness (QED) is 0.816. The van der Waals surface area contributed by atoms with E-state index in [1.165, 1.54) is 12.8 Å². The van der Waals surface area contributed by atoms with Crippen molar-refractivity contribution in [3.63, 3.8) is 0 Å². The van der Waals surface area contributed by atoms with Crippen LogP contribution in [0.2, 0.25) is 0 Å². The van der Waals surface area contributed by atoms with E-state index >= 15 is 0 Å². The first kappa shape index (κ1) is 18.0. The second kappa shape index (κ2) is 7.71. The van der Waals surface area contributed by atoms with Gasteiger partial charge in [-0.1, -0.05) is 31.0 Å². The summed E-state index contributed by atoms with van der Waals surface area (Å²) in [5.41, 5.74) is 0.686. The van der Waals surface area contributed by atoms with E-state index in [0.29, 0.717) is 50.7 Å². The lowest BCUT2D eigenvalue weighted by Crippen LogP contribution is -2.52. The van der Waals surface area contributed by atoms with Crippen molar-refractivity contribution in [3.8, 4) is 0 Å². The summed E-state index contributed by atoms with van der Waals surface area (Å²) in [6.07, 6.45) is 4.87. The average Bonchev–Trinajstić information content (AvgIpc) is 3.37. The molecule has 1 aromatic rings. The van der Waals surface area contributed by atoms with E-state index in [1.807, 2.05) is 45.0 Å². The van der Waals surface area contributed by atoms with Crippen molar-refractivity contribution >= 4 is 17.7 Å². The number of carbonyl (C=O) groups excluding carboxylic acids is 3. The summed E-state index contributed by atoms with van der Waals surface area (Å²) in [6, 6.07) is 9.60. The number of hydrogen-bond donors (Lipinski definition) is 0. The van der Waals surface area contributed by atoms with Crippen molar-refractivity contribution in [3.05, 3.63) is 35.9 Å². The Hall–Kier alpha value is -2.37. The van der Waals surface area contributed by atoms with Crippen molar-refractivity contribution in [2.24, 2.45) is 5.92 Å². The number of piperazine rings is 1. The smallest absolute Gasteiger partial charge is 0.253 e. The van der Waals surface area contributed by atoms with Gasteiger partial charge < -0.3 is 14.7 Å². The van der Waals surface area contributed by atoms with Gasteiger partial charge in [0.05, 0.1) is 5.92 Å². The fourth-order valence-corrected chi connectivity index (χ4v) is 4.62. The van der Waals surface area contributed by atoms with E-state index in [1.54, 1.807) is 0 Å². The first-order valence-electron chi connectivity index (χ1n) is 10.1. The summed E-state index contributed by atoms with van der Waals surface area (Å²) in [6.45, 7) is 2.77. The van der Waals surface area contributed by atoms with Crippen LogP contribution in [0.4, 0.5) is 0 Å². The summed E-state index contributed by atoms with van der Waals surface area (Å²) in [4.78, 5) is 43.4. The molecule has 2 aliphatic heterocycles. The van der Waals surface area contributed by atoms with E-state index in [0.717, 1.165) is 12.8 Å². The molecule has 6 heteroatoms. The van der Waals surface area contributed by atoms with Gasteiger partial charge in [0.25, 0.3) is 5.91 Å². The van der Waals surface area contributed by atoms with Crippen LogP contribution >= 0.6 is 0 Å². The highest BCUT2D eigenvalue weighted by Gasteiger charge is 2.40. The zero-order valence-corrected chi connectivity index (χ0v) is 15.7. The number of hydrogen-bond acceptors (Lipinski definition) is 3. The normalized spacial score (nSPS) is 23.9. The van der Waals surface area contributed by atoms with Crippen LogP contribution in [-0.2, 0) is 9.59 Å². The predicted octanol–water partition coefficient (Wildman–Crippen LogP) is 1.76. The lowest BCUT2D eigenvalue weighted by atomic mass is 10.1. The van der Waals surface area contributed by atoms with Crippen LogP contribution in [0.25, 0.3) is 0 Å². The van der Waals surface area contributed by atoms with Crippen LogP contribution in [0.15, 0.2) is 30.3 Å². The van der Waals surface area contributed by atoms with E-state index in [-0.39, 0.29) is 23.6 Å². The van der Waals surface area contributed by atoms with Gasteiger partial charge in [-0.05, 0) is 25.0 Å². The fraction of sp³-hybridized carbons (Fsp3) is 0.571. The van der Waals surface area contributed by atoms with Crippen LogP contribution in [0, 0.1) is 5.92 Å². The Bertz CT molecular complexity index is 707. The number of carbonyl (C=O) groups is 3. The molecule has 3 amide bonds. The molecule has 3 aliphatic rings. The largest absolute Gasteiger partial charge is 0.339 e. The molecule has 1 unspecified atom stereocenters. The number of amides is 3. The van der Waals surface area contributed by atoms with E-state index in [2.05, 4.69) is 0 Å². The van der Waals surface area contributed by atoms with Crippen molar-refractivity contribution in [1.82, 2.24) is 14.7 Å². The average molecular weight is 369 g/mol. The summed E-state index contributed by atoms with van der Waals surface area (Å²) >= 11 is 0. The molecule has 0 radical (unpaired) electrons. The van der Waals surface area contributed by atoms with Gasteiger partial charge in [-0.25, -0.2) is 0 Å². The van der Waals surface area contributed by atoms with Crippen LogP contribution < -0.4 is 0 Å². The number of nitrogens with zero attached hydrogens (tertiary/aromatic N) is 3. The molecule has 0 N–H and O–H groups in total. The molecule has 6 nitrogen and oxygen atoms in total. The van der Waals surface area contributed by atoms with Gasteiger partial charge in [-0.2, -0.15) is 0 Å². The highest BCUT2D eigenvalue weighted by molar-refractivity contribution is 5.94. The Kier molecular flexibility index (Phi) is 5.14. The maximum absolute atomic E-state index is 12.9. The lowest BCUT2D eigenvalue weighted by molar-refractivity contribution is -0.137. The highest BCUT2D eigenvalue weighted by Crippen LogP contribution is 2.30. The van der Waals surface area contributed by atoms with Gasteiger partial charge in [0.1, 0.15) is 0 Å². The summed E-state index contributed by atoms with van der Waals surface area (Å²) in [5, 5.41) is 0. The third-order valence-corrected chi connectivity index (χ3v) is 6.17. The zero-order valence-electron chi connectivity index (χ0n) is 15.7. The van der Waals surface area contributed by atoms with E-state index in [4.69, 9.17) is 0 Å². The van der Waals surface area contributed by atoms with Crippen LogP contribution in [0.5, 0.6) is 0 Å². The van der Waals surface area contributed by atoms with Gasteiger partial charge >= 0.3 is 0 Å². The van der Waals surface area contributed by atoms with Gasteiger partial charge in [-0.15, -0.1) is 0 Å². The molecule has 3 fully saturated rings. The SMILES string of the molecule is O=C(c1ccccc1)N1CCN(C(=O)C2CC(=O)N(C3CCCC3)C2)CC1.